The molecule has 0 fully saturated rings. The molecule has 29 heavy (non-hydrogen) atoms. The van der Waals surface area contributed by atoms with Gasteiger partial charge in [-0.1, -0.05) is 42.5 Å². The van der Waals surface area contributed by atoms with Crippen LogP contribution in [0.2, 0.25) is 0 Å². The van der Waals surface area contributed by atoms with E-state index in [9.17, 15) is 18.9 Å². The van der Waals surface area contributed by atoms with E-state index < -0.39 is 10.0 Å². The summed E-state index contributed by atoms with van der Waals surface area (Å²) >= 11 is 1.23. The van der Waals surface area contributed by atoms with Gasteiger partial charge in [0, 0.05) is 11.3 Å². The van der Waals surface area contributed by atoms with Crippen molar-refractivity contribution in [2.24, 2.45) is 5.14 Å². The van der Waals surface area contributed by atoms with Crippen molar-refractivity contribution in [1.29, 1.82) is 10.5 Å². The molecule has 0 aliphatic rings. The van der Waals surface area contributed by atoms with Crippen molar-refractivity contribution in [1.82, 2.24) is 4.98 Å². The molecule has 0 aliphatic carbocycles. The van der Waals surface area contributed by atoms with E-state index in [4.69, 9.17) is 10.9 Å². The maximum atomic E-state index is 11.5. The number of nitriles is 2. The van der Waals surface area contributed by atoms with Crippen LogP contribution in [-0.4, -0.2) is 13.4 Å². The highest BCUT2D eigenvalue weighted by Gasteiger charge is 2.20. The molecule has 4 N–H and O–H groups in total. The fourth-order valence-corrected chi connectivity index (χ4v) is 4.28. The van der Waals surface area contributed by atoms with Gasteiger partial charge in [-0.05, 0) is 23.3 Å². The molecule has 0 bridgehead atoms. The topological polar surface area (TPSA) is 147 Å². The Labute approximate surface area is 172 Å². The summed E-state index contributed by atoms with van der Waals surface area (Å²) in [5, 5.41) is 24.8. The second kappa shape index (κ2) is 8.33. The van der Waals surface area contributed by atoms with Crippen LogP contribution in [0.3, 0.4) is 0 Å². The third kappa shape index (κ3) is 4.39. The lowest BCUT2D eigenvalue weighted by molar-refractivity contribution is 0.597. The number of primary sulfonamides is 1. The molecule has 7 nitrogen and oxygen atoms in total. The van der Waals surface area contributed by atoms with E-state index >= 15 is 0 Å². The Morgan fingerprint density at radius 1 is 1.00 bits per heavy atom. The number of aromatic nitrogens is 1. The van der Waals surface area contributed by atoms with E-state index in [1.165, 1.54) is 23.9 Å². The average Bonchev–Trinajstić information content (AvgIpc) is 2.72. The second-order valence-corrected chi connectivity index (χ2v) is 8.52. The Bertz CT molecular complexity index is 1260. The van der Waals surface area contributed by atoms with Gasteiger partial charge in [0.25, 0.3) is 0 Å². The normalized spacial score (nSPS) is 10.9. The number of benzene rings is 2. The number of anilines is 1. The van der Waals surface area contributed by atoms with Gasteiger partial charge in [-0.3, -0.25) is 0 Å². The summed E-state index contributed by atoms with van der Waals surface area (Å²) in [4.78, 5) is 4.25. The highest BCUT2D eigenvalue weighted by molar-refractivity contribution is 7.98. The Morgan fingerprint density at radius 2 is 1.69 bits per heavy atom. The fourth-order valence-electron chi connectivity index (χ4n) is 2.76. The predicted molar refractivity (Wildman–Crippen MR) is 111 cm³/mol. The lowest BCUT2D eigenvalue weighted by Crippen LogP contribution is -2.12. The summed E-state index contributed by atoms with van der Waals surface area (Å²) in [5.41, 5.74) is 8.20. The zero-order valence-electron chi connectivity index (χ0n) is 15.0. The number of pyridine rings is 1. The molecule has 1 heterocycles. The summed E-state index contributed by atoms with van der Waals surface area (Å²) in [6.45, 7) is 0. The Kier molecular flexibility index (Phi) is 5.85. The van der Waals surface area contributed by atoms with Crippen LogP contribution in [0.4, 0.5) is 5.82 Å². The molecule has 0 saturated carbocycles. The molecule has 0 radical (unpaired) electrons. The number of nitrogens with zero attached hydrogens (tertiary/aromatic N) is 3. The third-order valence-electron chi connectivity index (χ3n) is 4.08. The third-order valence-corrected chi connectivity index (χ3v) is 6.04. The molecule has 2 aromatic carbocycles. The van der Waals surface area contributed by atoms with Crippen molar-refractivity contribution in [3.05, 3.63) is 71.3 Å². The number of thioether (sulfide) groups is 1. The first-order valence-electron chi connectivity index (χ1n) is 8.28. The van der Waals surface area contributed by atoms with Crippen LogP contribution in [0.15, 0.2) is 64.5 Å². The zero-order chi connectivity index (χ0) is 21.0. The molecule has 3 aromatic rings. The van der Waals surface area contributed by atoms with E-state index in [1.807, 2.05) is 12.1 Å². The van der Waals surface area contributed by atoms with Crippen LogP contribution >= 0.6 is 11.8 Å². The van der Waals surface area contributed by atoms with Crippen LogP contribution < -0.4 is 10.9 Å². The maximum absolute atomic E-state index is 11.5. The van der Waals surface area contributed by atoms with Crippen LogP contribution in [-0.2, 0) is 15.8 Å². The molecular weight excluding hydrogens is 406 g/mol. The molecule has 0 aliphatic heterocycles. The van der Waals surface area contributed by atoms with Crippen LogP contribution in [0.5, 0.6) is 0 Å². The first kappa shape index (κ1) is 20.4. The summed E-state index contributed by atoms with van der Waals surface area (Å²) < 4.78 is 23.1. The number of hydrogen-bond acceptors (Lipinski definition) is 7. The van der Waals surface area contributed by atoms with Gasteiger partial charge in [0.1, 0.15) is 28.5 Å². The minimum absolute atomic E-state index is 0.00776. The average molecular weight is 422 g/mol. The van der Waals surface area contributed by atoms with Gasteiger partial charge in [0.15, 0.2) is 0 Å². The molecule has 3 rings (SSSR count). The largest absolute Gasteiger partial charge is 0.383 e. The number of sulfonamides is 1. The molecular formula is C20H15N5O2S2. The number of nitrogen functional groups attached to an aromatic ring is 1. The summed E-state index contributed by atoms with van der Waals surface area (Å²) in [6, 6.07) is 19.4. The van der Waals surface area contributed by atoms with Crippen molar-refractivity contribution in [2.45, 2.75) is 15.7 Å². The molecule has 1 aromatic heterocycles. The fraction of sp³-hybridized carbons (Fsp3) is 0.0500. The number of hydrogen-bond donors (Lipinski definition) is 2. The second-order valence-electron chi connectivity index (χ2n) is 6.00. The number of nitrogens with two attached hydrogens (primary N) is 2. The molecule has 144 valence electrons. The monoisotopic (exact) mass is 421 g/mol. The van der Waals surface area contributed by atoms with Crippen LogP contribution in [0.25, 0.3) is 11.1 Å². The Morgan fingerprint density at radius 3 is 2.31 bits per heavy atom. The predicted octanol–water partition coefficient (Wildman–Crippen LogP) is 3.01. The molecule has 0 saturated heterocycles. The van der Waals surface area contributed by atoms with Gasteiger partial charge in [-0.2, -0.15) is 10.5 Å². The smallest absolute Gasteiger partial charge is 0.238 e. The van der Waals surface area contributed by atoms with Crippen molar-refractivity contribution in [2.75, 3.05) is 5.73 Å². The standard InChI is InChI=1S/C20H15N5O2S2/c21-10-16-18(14-6-2-1-3-7-14)17(11-22)20(25-19(16)23)28-12-13-5-4-8-15(9-13)29(24,26)27/h1-9H,12H2,(H2,23,25)(H2,24,26,27). The van der Waals surface area contributed by atoms with Gasteiger partial charge >= 0.3 is 0 Å². The summed E-state index contributed by atoms with van der Waals surface area (Å²) in [5.74, 6) is 0.371. The van der Waals surface area contributed by atoms with E-state index in [0.29, 0.717) is 27.5 Å². The van der Waals surface area contributed by atoms with E-state index in [2.05, 4.69) is 11.1 Å². The van der Waals surface area contributed by atoms with Crippen molar-refractivity contribution >= 4 is 27.6 Å². The van der Waals surface area contributed by atoms with Crippen molar-refractivity contribution in [3.63, 3.8) is 0 Å². The molecule has 0 amide bonds. The van der Waals surface area contributed by atoms with Gasteiger partial charge in [0.2, 0.25) is 10.0 Å². The van der Waals surface area contributed by atoms with Gasteiger partial charge in [-0.15, -0.1) is 11.8 Å². The highest BCUT2D eigenvalue weighted by Crippen LogP contribution is 2.36. The quantitative estimate of drug-likeness (QED) is 0.602. The first-order valence-corrected chi connectivity index (χ1v) is 10.8. The minimum atomic E-state index is -3.81. The molecule has 9 heteroatoms. The van der Waals surface area contributed by atoms with Crippen molar-refractivity contribution < 1.29 is 8.42 Å². The Balaban J connectivity index is 2.05. The summed E-state index contributed by atoms with van der Waals surface area (Å²) in [7, 11) is -3.81. The van der Waals surface area contributed by atoms with Crippen LogP contribution in [0, 0.1) is 22.7 Å². The Hall–Kier alpha value is -3.37. The summed E-state index contributed by atoms with van der Waals surface area (Å²) in [6.07, 6.45) is 0. The zero-order valence-corrected chi connectivity index (χ0v) is 16.7. The van der Waals surface area contributed by atoms with Gasteiger partial charge < -0.3 is 5.73 Å². The minimum Gasteiger partial charge on any atom is -0.383 e. The lowest BCUT2D eigenvalue weighted by atomic mass is 9.97. The lowest BCUT2D eigenvalue weighted by Gasteiger charge is -2.13. The van der Waals surface area contributed by atoms with E-state index in [1.54, 1.807) is 36.4 Å². The maximum Gasteiger partial charge on any atom is 0.238 e. The SMILES string of the molecule is N#Cc1c(N)nc(SCc2cccc(S(N)(=O)=O)c2)c(C#N)c1-c1ccccc1. The molecule has 0 unspecified atom stereocenters. The number of rotatable bonds is 5. The van der Waals surface area contributed by atoms with Crippen LogP contribution in [0.1, 0.15) is 16.7 Å². The van der Waals surface area contributed by atoms with E-state index in [-0.39, 0.29) is 21.8 Å². The molecule has 0 atom stereocenters. The van der Waals surface area contributed by atoms with Gasteiger partial charge in [0.05, 0.1) is 10.5 Å². The molecule has 0 spiro atoms. The highest BCUT2D eigenvalue weighted by atomic mass is 32.2. The van der Waals surface area contributed by atoms with E-state index in [0.717, 1.165) is 0 Å². The first-order chi connectivity index (χ1) is 13.8. The van der Waals surface area contributed by atoms with Crippen molar-refractivity contribution in [3.8, 4) is 23.3 Å². The van der Waals surface area contributed by atoms with Gasteiger partial charge in [-0.25, -0.2) is 18.5 Å².